The monoisotopic (exact) mass is 304 g/mol. The van der Waals surface area contributed by atoms with Crippen molar-refractivity contribution < 1.29 is 14.3 Å². The van der Waals surface area contributed by atoms with Crippen molar-refractivity contribution in [3.8, 4) is 5.75 Å². The Morgan fingerprint density at radius 2 is 1.95 bits per heavy atom. The highest BCUT2D eigenvalue weighted by Crippen LogP contribution is 2.32. The van der Waals surface area contributed by atoms with Crippen LogP contribution in [0.25, 0.3) is 0 Å². The van der Waals surface area contributed by atoms with E-state index in [0.717, 1.165) is 22.1 Å². The van der Waals surface area contributed by atoms with E-state index < -0.39 is 5.82 Å². The zero-order chi connectivity index (χ0) is 15.6. The Labute approximate surface area is 128 Å². The van der Waals surface area contributed by atoms with Gasteiger partial charge in [-0.25, -0.2) is 4.39 Å². The summed E-state index contributed by atoms with van der Waals surface area (Å²) in [6.07, 6.45) is 0. The Morgan fingerprint density at radius 1 is 1.24 bits per heavy atom. The van der Waals surface area contributed by atoms with Crippen LogP contribution in [-0.2, 0) is 5.75 Å². The van der Waals surface area contributed by atoms with E-state index in [1.54, 1.807) is 0 Å². The quantitative estimate of drug-likeness (QED) is 0.660. The van der Waals surface area contributed by atoms with Crippen molar-refractivity contribution in [3.63, 3.8) is 0 Å². The molecule has 2 nitrogen and oxygen atoms in total. The smallest absolute Gasteiger partial charge is 0.163 e. The lowest BCUT2D eigenvalue weighted by atomic mass is 10.1. The Balaban J connectivity index is 2.28. The van der Waals surface area contributed by atoms with E-state index in [1.165, 1.54) is 24.8 Å². The lowest BCUT2D eigenvalue weighted by molar-refractivity contribution is 0.101. The predicted molar refractivity (Wildman–Crippen MR) is 83.5 cm³/mol. The third kappa shape index (κ3) is 3.64. The van der Waals surface area contributed by atoms with Gasteiger partial charge in [-0.1, -0.05) is 17.7 Å². The van der Waals surface area contributed by atoms with E-state index in [-0.39, 0.29) is 17.1 Å². The Bertz CT molecular complexity index is 695. The number of rotatable bonds is 4. The summed E-state index contributed by atoms with van der Waals surface area (Å²) in [5.74, 6) is -0.560. The molecule has 2 aromatic carbocycles. The van der Waals surface area contributed by atoms with Gasteiger partial charge in [0.2, 0.25) is 0 Å². The first kappa shape index (κ1) is 15.6. The lowest BCUT2D eigenvalue weighted by Gasteiger charge is -2.10. The van der Waals surface area contributed by atoms with Crippen LogP contribution in [0.1, 0.15) is 34.0 Å². The van der Waals surface area contributed by atoms with Crippen LogP contribution in [0.2, 0.25) is 0 Å². The van der Waals surface area contributed by atoms with Gasteiger partial charge in [-0.3, -0.25) is 4.79 Å². The van der Waals surface area contributed by atoms with Crippen molar-refractivity contribution in [1.29, 1.82) is 0 Å². The Hall–Kier alpha value is -1.81. The molecule has 0 spiro atoms. The van der Waals surface area contributed by atoms with Gasteiger partial charge in [-0.05, 0) is 44.5 Å². The van der Waals surface area contributed by atoms with Gasteiger partial charge in [-0.2, -0.15) is 0 Å². The molecule has 0 unspecified atom stereocenters. The number of phenolic OH excluding ortho intramolecular Hbond substituents is 1. The van der Waals surface area contributed by atoms with Crippen molar-refractivity contribution in [3.05, 3.63) is 58.4 Å². The molecule has 0 atom stereocenters. The van der Waals surface area contributed by atoms with Crippen molar-refractivity contribution in [2.24, 2.45) is 0 Å². The molecule has 2 aromatic rings. The molecule has 0 fully saturated rings. The first-order valence-corrected chi connectivity index (χ1v) is 7.59. The number of carbonyl (C=O) groups excluding carboxylic acids is 1. The standard InChI is InChI=1S/C17H17FO2S/c1-10-4-5-11(2)16(6-10)21-9-13-7-14(18)8-15(12(3)19)17(13)20/h4-8,20H,9H2,1-3H3. The second-order valence-electron chi connectivity index (χ2n) is 5.07. The molecule has 0 amide bonds. The summed E-state index contributed by atoms with van der Waals surface area (Å²) < 4.78 is 13.6. The molecule has 0 radical (unpaired) electrons. The number of ketones is 1. The summed E-state index contributed by atoms with van der Waals surface area (Å²) >= 11 is 1.52. The normalized spacial score (nSPS) is 10.7. The topological polar surface area (TPSA) is 37.3 Å². The van der Waals surface area contributed by atoms with Crippen LogP contribution in [-0.4, -0.2) is 10.9 Å². The van der Waals surface area contributed by atoms with Crippen LogP contribution >= 0.6 is 11.8 Å². The number of carbonyl (C=O) groups is 1. The minimum absolute atomic E-state index is 0.0339. The Kier molecular flexibility index (Phi) is 4.68. The van der Waals surface area contributed by atoms with Crippen molar-refractivity contribution in [1.82, 2.24) is 0 Å². The first-order valence-electron chi connectivity index (χ1n) is 6.61. The summed E-state index contributed by atoms with van der Waals surface area (Å²) in [4.78, 5) is 12.5. The fourth-order valence-electron chi connectivity index (χ4n) is 2.05. The van der Waals surface area contributed by atoms with E-state index in [4.69, 9.17) is 0 Å². The number of benzene rings is 2. The van der Waals surface area contributed by atoms with E-state index in [0.29, 0.717) is 11.3 Å². The third-order valence-electron chi connectivity index (χ3n) is 3.26. The molecular weight excluding hydrogens is 287 g/mol. The first-order chi connectivity index (χ1) is 9.88. The van der Waals surface area contributed by atoms with Gasteiger partial charge in [-0.15, -0.1) is 11.8 Å². The summed E-state index contributed by atoms with van der Waals surface area (Å²) in [5.41, 5.74) is 2.75. The number of halogens is 1. The van der Waals surface area contributed by atoms with Gasteiger partial charge in [0.05, 0.1) is 5.56 Å². The molecule has 0 saturated heterocycles. The fraction of sp³-hybridized carbons (Fsp3) is 0.235. The molecule has 0 aliphatic heterocycles. The van der Waals surface area contributed by atoms with Crippen molar-refractivity contribution >= 4 is 17.5 Å². The van der Waals surface area contributed by atoms with E-state index in [9.17, 15) is 14.3 Å². The summed E-state index contributed by atoms with van der Waals surface area (Å²) in [6.45, 7) is 5.33. The van der Waals surface area contributed by atoms with E-state index in [1.807, 2.05) is 26.0 Å². The number of phenols is 1. The molecule has 110 valence electrons. The zero-order valence-electron chi connectivity index (χ0n) is 12.2. The highest BCUT2D eigenvalue weighted by molar-refractivity contribution is 7.98. The van der Waals surface area contributed by atoms with Crippen LogP contribution in [0.15, 0.2) is 35.2 Å². The minimum atomic E-state index is -0.505. The number of hydrogen-bond donors (Lipinski definition) is 1. The second-order valence-corrected chi connectivity index (χ2v) is 6.09. The van der Waals surface area contributed by atoms with Gasteiger partial charge in [0.15, 0.2) is 5.78 Å². The summed E-state index contributed by atoms with van der Waals surface area (Å²) in [5, 5.41) is 10.1. The zero-order valence-corrected chi connectivity index (χ0v) is 13.1. The van der Waals surface area contributed by atoms with Crippen molar-refractivity contribution in [2.45, 2.75) is 31.4 Å². The van der Waals surface area contributed by atoms with Gasteiger partial charge < -0.3 is 5.11 Å². The molecule has 0 aliphatic rings. The molecule has 21 heavy (non-hydrogen) atoms. The molecule has 0 aromatic heterocycles. The number of thioether (sulfide) groups is 1. The van der Waals surface area contributed by atoms with Gasteiger partial charge in [0, 0.05) is 16.2 Å². The molecule has 0 aliphatic carbocycles. The van der Waals surface area contributed by atoms with E-state index in [2.05, 4.69) is 6.07 Å². The summed E-state index contributed by atoms with van der Waals surface area (Å²) in [7, 11) is 0. The average Bonchev–Trinajstić information content (AvgIpc) is 2.42. The van der Waals surface area contributed by atoms with Gasteiger partial charge in [0.25, 0.3) is 0 Å². The molecule has 0 bridgehead atoms. The number of aryl methyl sites for hydroxylation is 2. The molecule has 4 heteroatoms. The fourth-order valence-corrected chi connectivity index (χ4v) is 3.15. The summed E-state index contributed by atoms with van der Waals surface area (Å²) in [6, 6.07) is 8.48. The van der Waals surface area contributed by atoms with Crippen LogP contribution in [0.5, 0.6) is 5.75 Å². The van der Waals surface area contributed by atoms with E-state index >= 15 is 0 Å². The van der Waals surface area contributed by atoms with Crippen LogP contribution < -0.4 is 0 Å². The predicted octanol–water partition coefficient (Wildman–Crippen LogP) is 4.64. The second kappa shape index (κ2) is 6.31. The maximum Gasteiger partial charge on any atom is 0.163 e. The SMILES string of the molecule is CC(=O)c1cc(F)cc(CSc2cc(C)ccc2C)c1O. The largest absolute Gasteiger partial charge is 0.507 e. The highest BCUT2D eigenvalue weighted by Gasteiger charge is 2.14. The molecule has 0 heterocycles. The Morgan fingerprint density at radius 3 is 2.62 bits per heavy atom. The molecule has 0 saturated carbocycles. The molecule has 2 rings (SSSR count). The number of hydrogen-bond acceptors (Lipinski definition) is 3. The maximum absolute atomic E-state index is 13.6. The number of Topliss-reactive ketones (excluding diaryl/α,β-unsaturated/α-hetero) is 1. The highest BCUT2D eigenvalue weighted by atomic mass is 32.2. The number of aromatic hydroxyl groups is 1. The van der Waals surface area contributed by atoms with Crippen LogP contribution in [0.4, 0.5) is 4.39 Å². The van der Waals surface area contributed by atoms with Gasteiger partial charge >= 0.3 is 0 Å². The third-order valence-corrected chi connectivity index (χ3v) is 4.47. The lowest BCUT2D eigenvalue weighted by Crippen LogP contribution is -1.97. The maximum atomic E-state index is 13.6. The van der Waals surface area contributed by atoms with Crippen molar-refractivity contribution in [2.75, 3.05) is 0 Å². The molecular formula is C17H17FO2S. The van der Waals surface area contributed by atoms with Crippen LogP contribution in [0.3, 0.4) is 0 Å². The molecule has 1 N–H and O–H groups in total. The average molecular weight is 304 g/mol. The minimum Gasteiger partial charge on any atom is -0.507 e. The van der Waals surface area contributed by atoms with Crippen LogP contribution in [0, 0.1) is 19.7 Å². The van der Waals surface area contributed by atoms with Gasteiger partial charge in [0.1, 0.15) is 11.6 Å².